The maximum absolute atomic E-state index is 12.8. The number of methoxy groups -OCH3 is 2. The highest BCUT2D eigenvalue weighted by atomic mass is 28.3. The summed E-state index contributed by atoms with van der Waals surface area (Å²) in [6.45, 7) is 9.15. The zero-order chi connectivity index (χ0) is 18.7. The minimum Gasteiger partial charge on any atom is -0.468 e. The van der Waals surface area contributed by atoms with Crippen LogP contribution < -0.4 is 0 Å². The molecule has 0 amide bonds. The number of hydrogen-bond donors (Lipinski definition) is 0. The SMILES string of the molecule is COC(=O)C1(C(=O)OC)CC2(CCCCC2)C2(C1)OC2(C)[Si](C)(C)C. The molecule has 142 valence electrons. The third-order valence-corrected chi connectivity index (χ3v) is 10.9. The van der Waals surface area contributed by atoms with Gasteiger partial charge in [-0.1, -0.05) is 38.9 Å². The molecule has 25 heavy (non-hydrogen) atoms. The number of esters is 2. The molecule has 2 atom stereocenters. The second-order valence-electron chi connectivity index (χ2n) is 9.47. The van der Waals surface area contributed by atoms with Crippen LogP contribution in [0.2, 0.25) is 19.6 Å². The van der Waals surface area contributed by atoms with E-state index in [9.17, 15) is 9.59 Å². The summed E-state index contributed by atoms with van der Waals surface area (Å²) in [6.07, 6.45) is 6.41. The summed E-state index contributed by atoms with van der Waals surface area (Å²) in [7, 11) is 1.04. The van der Waals surface area contributed by atoms with E-state index in [2.05, 4.69) is 26.6 Å². The predicted octanol–water partition coefficient (Wildman–Crippen LogP) is 3.47. The number of carbonyl (C=O) groups excluding carboxylic acids is 2. The molecular weight excluding hydrogens is 336 g/mol. The number of rotatable bonds is 3. The molecule has 1 heterocycles. The van der Waals surface area contributed by atoms with Gasteiger partial charge in [0, 0.05) is 11.8 Å². The first kappa shape index (κ1) is 18.9. The minimum absolute atomic E-state index is 0.122. The largest absolute Gasteiger partial charge is 0.468 e. The van der Waals surface area contributed by atoms with Gasteiger partial charge in [0.25, 0.3) is 0 Å². The smallest absolute Gasteiger partial charge is 0.323 e. The molecule has 1 saturated heterocycles. The van der Waals surface area contributed by atoms with Crippen molar-refractivity contribution < 1.29 is 23.8 Å². The van der Waals surface area contributed by atoms with Crippen LogP contribution in [0.4, 0.5) is 0 Å². The molecule has 2 unspecified atom stereocenters. The lowest BCUT2D eigenvalue weighted by Gasteiger charge is -2.40. The van der Waals surface area contributed by atoms with Gasteiger partial charge in [-0.25, -0.2) is 0 Å². The van der Waals surface area contributed by atoms with E-state index in [0.29, 0.717) is 12.8 Å². The van der Waals surface area contributed by atoms with Crippen molar-refractivity contribution in [1.82, 2.24) is 0 Å². The molecule has 0 aromatic heterocycles. The second kappa shape index (κ2) is 5.56. The molecule has 0 aromatic rings. The van der Waals surface area contributed by atoms with E-state index in [1.807, 2.05) is 0 Å². The molecule has 1 aliphatic heterocycles. The zero-order valence-corrected chi connectivity index (χ0v) is 17.5. The Labute approximate surface area is 151 Å². The molecule has 2 aliphatic carbocycles. The van der Waals surface area contributed by atoms with Crippen LogP contribution in [-0.4, -0.2) is 45.1 Å². The maximum atomic E-state index is 12.8. The van der Waals surface area contributed by atoms with Crippen molar-refractivity contribution in [3.63, 3.8) is 0 Å². The Morgan fingerprint density at radius 1 is 0.920 bits per heavy atom. The highest BCUT2D eigenvalue weighted by Gasteiger charge is 2.85. The third-order valence-electron chi connectivity index (χ3n) is 7.55. The van der Waals surface area contributed by atoms with E-state index in [1.165, 1.54) is 20.6 Å². The Balaban J connectivity index is 2.12. The van der Waals surface area contributed by atoms with E-state index >= 15 is 0 Å². The minimum atomic E-state index is -1.67. The molecule has 0 aromatic carbocycles. The van der Waals surface area contributed by atoms with Crippen molar-refractivity contribution in [1.29, 1.82) is 0 Å². The Morgan fingerprint density at radius 2 is 1.44 bits per heavy atom. The molecule has 0 bridgehead atoms. The molecule has 6 heteroatoms. The lowest BCUT2D eigenvalue weighted by molar-refractivity contribution is -0.169. The third kappa shape index (κ3) is 2.22. The van der Waals surface area contributed by atoms with Gasteiger partial charge in [-0.3, -0.25) is 9.59 Å². The molecular formula is C19H32O5Si. The Kier molecular flexibility index (Phi) is 4.20. The highest BCUT2D eigenvalue weighted by Crippen LogP contribution is 2.76. The van der Waals surface area contributed by atoms with Gasteiger partial charge in [0.05, 0.1) is 27.5 Å². The van der Waals surface area contributed by atoms with Crippen molar-refractivity contribution in [2.24, 2.45) is 10.8 Å². The Bertz CT molecular complexity index is 573. The number of hydrogen-bond acceptors (Lipinski definition) is 5. The molecule has 3 rings (SSSR count). The number of epoxide rings is 1. The first-order valence-corrected chi connectivity index (χ1v) is 12.9. The fraction of sp³-hybridized carbons (Fsp3) is 0.895. The monoisotopic (exact) mass is 368 g/mol. The molecule has 2 spiro atoms. The van der Waals surface area contributed by atoms with Crippen LogP contribution in [0.3, 0.4) is 0 Å². The van der Waals surface area contributed by atoms with Gasteiger partial charge in [0.1, 0.15) is 5.60 Å². The van der Waals surface area contributed by atoms with Crippen molar-refractivity contribution in [2.45, 2.75) is 82.3 Å². The normalized spacial score (nSPS) is 35.6. The lowest BCUT2D eigenvalue weighted by atomic mass is 9.65. The molecule has 0 N–H and O–H groups in total. The molecule has 3 aliphatic rings. The van der Waals surface area contributed by atoms with Crippen LogP contribution in [0.5, 0.6) is 0 Å². The lowest BCUT2D eigenvalue weighted by Crippen LogP contribution is -2.50. The fourth-order valence-corrected chi connectivity index (χ4v) is 7.91. The summed E-state index contributed by atoms with van der Waals surface area (Å²) in [5.41, 5.74) is -1.74. The quantitative estimate of drug-likeness (QED) is 0.330. The molecule has 0 radical (unpaired) electrons. The van der Waals surface area contributed by atoms with Crippen LogP contribution in [0.25, 0.3) is 0 Å². The van der Waals surface area contributed by atoms with Crippen molar-refractivity contribution in [2.75, 3.05) is 14.2 Å². The van der Waals surface area contributed by atoms with Gasteiger partial charge in [-0.2, -0.15) is 0 Å². The van der Waals surface area contributed by atoms with E-state index in [0.717, 1.165) is 25.7 Å². The summed E-state index contributed by atoms with van der Waals surface area (Å²) in [4.78, 5) is 25.5. The van der Waals surface area contributed by atoms with Crippen LogP contribution in [0.15, 0.2) is 0 Å². The van der Waals surface area contributed by atoms with Gasteiger partial charge in [0.2, 0.25) is 0 Å². The summed E-state index contributed by atoms with van der Waals surface area (Å²) >= 11 is 0. The molecule has 2 saturated carbocycles. The molecule has 3 fully saturated rings. The van der Waals surface area contributed by atoms with Crippen LogP contribution in [0, 0.1) is 10.8 Å². The van der Waals surface area contributed by atoms with Crippen LogP contribution in [-0.2, 0) is 23.8 Å². The fourth-order valence-electron chi connectivity index (χ4n) is 5.87. The molecule has 5 nitrogen and oxygen atoms in total. The second-order valence-corrected chi connectivity index (χ2v) is 14.9. The van der Waals surface area contributed by atoms with Crippen LogP contribution in [0.1, 0.15) is 51.9 Å². The van der Waals surface area contributed by atoms with Gasteiger partial charge in [0.15, 0.2) is 5.41 Å². The van der Waals surface area contributed by atoms with Gasteiger partial charge in [-0.05, 0) is 26.2 Å². The first-order chi connectivity index (χ1) is 11.5. The van der Waals surface area contributed by atoms with E-state index < -0.39 is 31.0 Å². The van der Waals surface area contributed by atoms with Crippen molar-refractivity contribution in [3.05, 3.63) is 0 Å². The Hall–Kier alpha value is -0.883. The number of fused-ring (bicyclic) bond motifs is 1. The predicted molar refractivity (Wildman–Crippen MR) is 96.8 cm³/mol. The van der Waals surface area contributed by atoms with E-state index in [4.69, 9.17) is 14.2 Å². The zero-order valence-electron chi connectivity index (χ0n) is 16.5. The van der Waals surface area contributed by atoms with Gasteiger partial charge < -0.3 is 14.2 Å². The maximum Gasteiger partial charge on any atom is 0.323 e. The summed E-state index contributed by atoms with van der Waals surface area (Å²) in [5.74, 6) is -0.927. The van der Waals surface area contributed by atoms with Gasteiger partial charge in [-0.15, -0.1) is 0 Å². The average Bonchev–Trinajstić information content (AvgIpc) is 3.11. The van der Waals surface area contributed by atoms with Crippen LogP contribution >= 0.6 is 0 Å². The van der Waals surface area contributed by atoms with E-state index in [-0.39, 0.29) is 10.6 Å². The standard InChI is InChI=1S/C19H32O5Si/c1-16(25(4,5)6)19(24-16)13-18(14(20)22-2,15(21)23-3)12-17(19)10-8-7-9-11-17/h7-13H2,1-6H3. The summed E-state index contributed by atoms with van der Waals surface area (Å²) in [6, 6.07) is 0. The van der Waals surface area contributed by atoms with Gasteiger partial charge >= 0.3 is 11.9 Å². The summed E-state index contributed by atoms with van der Waals surface area (Å²) in [5, 5.41) is -0.221. The summed E-state index contributed by atoms with van der Waals surface area (Å²) < 4.78 is 16.8. The Morgan fingerprint density at radius 3 is 1.84 bits per heavy atom. The average molecular weight is 369 g/mol. The van der Waals surface area contributed by atoms with E-state index in [1.54, 1.807) is 0 Å². The topological polar surface area (TPSA) is 65.1 Å². The number of ether oxygens (including phenoxy) is 3. The van der Waals surface area contributed by atoms with Crippen molar-refractivity contribution in [3.8, 4) is 0 Å². The first-order valence-electron chi connectivity index (χ1n) is 9.41. The number of carbonyl (C=O) groups is 2. The van der Waals surface area contributed by atoms with Crippen molar-refractivity contribution >= 4 is 20.0 Å². The highest BCUT2D eigenvalue weighted by molar-refractivity contribution is 6.80.